The molecule has 0 unspecified atom stereocenters. The summed E-state index contributed by atoms with van der Waals surface area (Å²) in [5.74, 6) is -3.94. The lowest BCUT2D eigenvalue weighted by Crippen LogP contribution is -2.41. The van der Waals surface area contributed by atoms with Gasteiger partial charge in [0.1, 0.15) is 11.7 Å². The molecule has 1 aromatic carbocycles. The van der Waals surface area contributed by atoms with Crippen LogP contribution in [0.3, 0.4) is 0 Å². The maximum absolute atomic E-state index is 12.5. The molecule has 1 atom stereocenters. The number of amides is 2. The summed E-state index contributed by atoms with van der Waals surface area (Å²) in [6.45, 7) is 0. The topological polar surface area (TPSA) is 217 Å². The zero-order chi connectivity index (χ0) is 24.1. The maximum Gasteiger partial charge on any atom is 0.326 e. The Hall–Kier alpha value is -4.81. The molecular weight excluding hydrogens is 436 g/mol. The SMILES string of the molecule is Nc1nc2ccc(C(=O)Nc3ccc(C(=O)N[C@@H](CCC(=O)O)C(=O)O)cc3)nc2c(=O)[nH]1. The molecule has 33 heavy (non-hydrogen) atoms. The van der Waals surface area contributed by atoms with Crippen molar-refractivity contribution >= 4 is 46.4 Å². The number of aliphatic carboxylic acids is 2. The molecule has 13 heteroatoms. The second-order valence-corrected chi connectivity index (χ2v) is 6.84. The Bertz CT molecular complexity index is 1300. The second-order valence-electron chi connectivity index (χ2n) is 6.84. The summed E-state index contributed by atoms with van der Waals surface area (Å²) in [4.78, 5) is 68.8. The standard InChI is InChI=1S/C20H18N6O7/c21-20-25-11-5-6-12(23-15(11)18(31)26-20)17(30)22-10-3-1-9(2-4-10)16(29)24-13(19(32)33)7-8-14(27)28/h1-6,13H,7-8H2,(H,22,30)(H,24,29)(H,27,28)(H,32,33)(H3,21,25,26,31)/t13-/m0/s1. The van der Waals surface area contributed by atoms with Gasteiger partial charge in [-0.3, -0.25) is 24.2 Å². The molecule has 2 amide bonds. The predicted molar refractivity (Wildman–Crippen MR) is 115 cm³/mol. The zero-order valence-corrected chi connectivity index (χ0v) is 16.9. The highest BCUT2D eigenvalue weighted by molar-refractivity contribution is 6.04. The number of aromatic nitrogens is 3. The van der Waals surface area contributed by atoms with Crippen molar-refractivity contribution < 1.29 is 29.4 Å². The van der Waals surface area contributed by atoms with Gasteiger partial charge in [-0.2, -0.15) is 0 Å². The van der Waals surface area contributed by atoms with Crippen LogP contribution in [0.2, 0.25) is 0 Å². The molecule has 2 aromatic heterocycles. The van der Waals surface area contributed by atoms with Gasteiger partial charge in [-0.1, -0.05) is 0 Å². The first-order valence-electron chi connectivity index (χ1n) is 9.47. The number of carboxylic acid groups (broad SMARTS) is 2. The molecular formula is C20H18N6O7. The van der Waals surface area contributed by atoms with Crippen molar-refractivity contribution in [3.63, 3.8) is 0 Å². The van der Waals surface area contributed by atoms with E-state index in [2.05, 4.69) is 25.6 Å². The van der Waals surface area contributed by atoms with Crippen molar-refractivity contribution in [2.24, 2.45) is 0 Å². The molecule has 0 saturated carbocycles. The van der Waals surface area contributed by atoms with E-state index in [-0.39, 0.29) is 34.7 Å². The number of hydrogen-bond donors (Lipinski definition) is 6. The molecule has 0 saturated heterocycles. The number of carbonyl (C=O) groups is 4. The molecule has 0 aliphatic rings. The van der Waals surface area contributed by atoms with E-state index in [1.807, 2.05) is 0 Å². The fourth-order valence-corrected chi connectivity index (χ4v) is 2.84. The number of rotatable bonds is 8. The highest BCUT2D eigenvalue weighted by Crippen LogP contribution is 2.13. The Labute approximate surface area is 184 Å². The van der Waals surface area contributed by atoms with Gasteiger partial charge in [-0.25, -0.2) is 14.8 Å². The van der Waals surface area contributed by atoms with Gasteiger partial charge in [-0.05, 0) is 42.8 Å². The van der Waals surface area contributed by atoms with Crippen LogP contribution in [0.15, 0.2) is 41.2 Å². The molecule has 0 aliphatic carbocycles. The van der Waals surface area contributed by atoms with Gasteiger partial charge in [-0.15, -0.1) is 0 Å². The molecule has 3 rings (SSSR count). The van der Waals surface area contributed by atoms with E-state index in [1.54, 1.807) is 0 Å². The number of pyridine rings is 1. The summed E-state index contributed by atoms with van der Waals surface area (Å²) >= 11 is 0. The van der Waals surface area contributed by atoms with E-state index in [0.29, 0.717) is 5.69 Å². The highest BCUT2D eigenvalue weighted by atomic mass is 16.4. The van der Waals surface area contributed by atoms with Crippen LogP contribution in [0.25, 0.3) is 11.0 Å². The molecule has 7 N–H and O–H groups in total. The van der Waals surface area contributed by atoms with Gasteiger partial charge in [0.2, 0.25) is 5.95 Å². The maximum atomic E-state index is 12.5. The summed E-state index contributed by atoms with van der Waals surface area (Å²) in [6, 6.07) is 6.97. The van der Waals surface area contributed by atoms with Gasteiger partial charge in [0.25, 0.3) is 17.4 Å². The number of carbonyl (C=O) groups excluding carboxylic acids is 2. The number of nitrogens with two attached hydrogens (primary N) is 1. The summed E-state index contributed by atoms with van der Waals surface area (Å²) in [6.07, 6.45) is -0.686. The van der Waals surface area contributed by atoms with E-state index in [0.717, 1.165) is 0 Å². The Kier molecular flexibility index (Phi) is 6.62. The third-order valence-corrected chi connectivity index (χ3v) is 4.46. The molecule has 0 bridgehead atoms. The van der Waals surface area contributed by atoms with Crippen molar-refractivity contribution in [1.29, 1.82) is 0 Å². The minimum absolute atomic E-state index is 0.0517. The number of nitrogen functional groups attached to an aromatic ring is 1. The van der Waals surface area contributed by atoms with Crippen molar-refractivity contribution in [3.05, 3.63) is 58.0 Å². The lowest BCUT2D eigenvalue weighted by molar-refractivity contribution is -0.140. The van der Waals surface area contributed by atoms with Crippen LogP contribution in [-0.4, -0.2) is 55.0 Å². The van der Waals surface area contributed by atoms with Crippen LogP contribution < -0.4 is 21.9 Å². The average molecular weight is 454 g/mol. The summed E-state index contributed by atoms with van der Waals surface area (Å²) < 4.78 is 0. The molecule has 3 aromatic rings. The van der Waals surface area contributed by atoms with Gasteiger partial charge in [0.05, 0.1) is 5.52 Å². The molecule has 2 heterocycles. The minimum Gasteiger partial charge on any atom is -0.481 e. The zero-order valence-electron chi connectivity index (χ0n) is 16.9. The number of hydrogen-bond acceptors (Lipinski definition) is 8. The van der Waals surface area contributed by atoms with Gasteiger partial charge in [0, 0.05) is 17.7 Å². The Morgan fingerprint density at radius 2 is 1.70 bits per heavy atom. The third kappa shape index (κ3) is 5.66. The van der Waals surface area contributed by atoms with Crippen molar-refractivity contribution in [2.75, 3.05) is 11.1 Å². The largest absolute Gasteiger partial charge is 0.481 e. The van der Waals surface area contributed by atoms with Crippen LogP contribution in [-0.2, 0) is 9.59 Å². The predicted octanol–water partition coefficient (Wildman–Crippen LogP) is 0.200. The summed E-state index contributed by atoms with van der Waals surface area (Å²) in [7, 11) is 0. The molecule has 13 nitrogen and oxygen atoms in total. The van der Waals surface area contributed by atoms with Crippen molar-refractivity contribution in [1.82, 2.24) is 20.3 Å². The van der Waals surface area contributed by atoms with Crippen LogP contribution in [0.5, 0.6) is 0 Å². The van der Waals surface area contributed by atoms with Crippen molar-refractivity contribution in [3.8, 4) is 0 Å². The molecule has 0 radical (unpaired) electrons. The normalized spacial score (nSPS) is 11.5. The lowest BCUT2D eigenvalue weighted by atomic mass is 10.1. The smallest absolute Gasteiger partial charge is 0.326 e. The van der Waals surface area contributed by atoms with Gasteiger partial charge in [0.15, 0.2) is 5.52 Å². The molecule has 170 valence electrons. The first kappa shape index (κ1) is 22.9. The van der Waals surface area contributed by atoms with E-state index < -0.39 is 41.8 Å². The third-order valence-electron chi connectivity index (χ3n) is 4.46. The van der Waals surface area contributed by atoms with Gasteiger partial charge < -0.3 is 26.6 Å². The van der Waals surface area contributed by atoms with E-state index in [9.17, 15) is 24.0 Å². The van der Waals surface area contributed by atoms with Crippen LogP contribution in [0.1, 0.15) is 33.7 Å². The lowest BCUT2D eigenvalue weighted by Gasteiger charge is -2.13. The average Bonchev–Trinajstić information content (AvgIpc) is 2.76. The van der Waals surface area contributed by atoms with Crippen molar-refractivity contribution in [2.45, 2.75) is 18.9 Å². The number of benzene rings is 1. The number of carboxylic acids is 2. The van der Waals surface area contributed by atoms with Crippen LogP contribution in [0, 0.1) is 0 Å². The van der Waals surface area contributed by atoms with Crippen LogP contribution in [0.4, 0.5) is 11.6 Å². The molecule has 0 fully saturated rings. The van der Waals surface area contributed by atoms with E-state index in [4.69, 9.17) is 15.9 Å². The number of nitrogens with one attached hydrogen (secondary N) is 3. The number of anilines is 2. The van der Waals surface area contributed by atoms with E-state index >= 15 is 0 Å². The monoisotopic (exact) mass is 454 g/mol. The van der Waals surface area contributed by atoms with Crippen LogP contribution >= 0.6 is 0 Å². The minimum atomic E-state index is -1.36. The second kappa shape index (κ2) is 9.55. The number of aromatic amines is 1. The fraction of sp³-hybridized carbons (Fsp3) is 0.150. The Morgan fingerprint density at radius 1 is 1.00 bits per heavy atom. The Balaban J connectivity index is 1.68. The summed E-state index contributed by atoms with van der Waals surface area (Å²) in [5, 5.41) is 22.6. The first-order valence-corrected chi connectivity index (χ1v) is 9.47. The quantitative estimate of drug-likeness (QED) is 0.271. The number of H-pyrrole nitrogens is 1. The first-order chi connectivity index (χ1) is 15.6. The summed E-state index contributed by atoms with van der Waals surface area (Å²) in [5.41, 5.74) is 5.41. The fourth-order valence-electron chi connectivity index (χ4n) is 2.84. The number of nitrogens with zero attached hydrogens (tertiary/aromatic N) is 2. The van der Waals surface area contributed by atoms with Gasteiger partial charge >= 0.3 is 11.9 Å². The highest BCUT2D eigenvalue weighted by Gasteiger charge is 2.21. The molecule has 0 aliphatic heterocycles. The Morgan fingerprint density at radius 3 is 2.33 bits per heavy atom. The molecule has 0 spiro atoms. The van der Waals surface area contributed by atoms with E-state index in [1.165, 1.54) is 36.4 Å². The number of fused-ring (bicyclic) bond motifs is 1.